The maximum atomic E-state index is 10.1. The summed E-state index contributed by atoms with van der Waals surface area (Å²) in [7, 11) is 0. The summed E-state index contributed by atoms with van der Waals surface area (Å²) in [5.41, 5.74) is 0. The van der Waals surface area contributed by atoms with Crippen LogP contribution in [0.1, 0.15) is 26.2 Å². The molecular weight excluding hydrogens is 244 g/mol. The van der Waals surface area contributed by atoms with E-state index in [4.69, 9.17) is 0 Å². The van der Waals surface area contributed by atoms with Crippen molar-refractivity contribution in [3.63, 3.8) is 0 Å². The van der Waals surface area contributed by atoms with Crippen molar-refractivity contribution < 1.29 is 12.9 Å². The molecule has 1 aliphatic rings. The van der Waals surface area contributed by atoms with Gasteiger partial charge in [0.1, 0.15) is 0 Å². The molecule has 0 N–H and O–H groups in total. The molecule has 3 nitrogen and oxygen atoms in total. The van der Waals surface area contributed by atoms with Crippen LogP contribution in [-0.4, -0.2) is 19.7 Å². The summed E-state index contributed by atoms with van der Waals surface area (Å²) in [6.07, 6.45) is 3.12. The predicted octanol–water partition coefficient (Wildman–Crippen LogP) is 1.75. The van der Waals surface area contributed by atoms with Gasteiger partial charge in [0.05, 0.1) is 18.0 Å². The van der Waals surface area contributed by atoms with Gasteiger partial charge >= 0.3 is 0 Å². The van der Waals surface area contributed by atoms with Gasteiger partial charge in [0.25, 0.3) is 0 Å². The third-order valence-corrected chi connectivity index (χ3v) is 3.24. The zero-order valence-electron chi connectivity index (χ0n) is 6.92. The largest absolute Gasteiger partial charge is 0.750 e. The molecule has 0 aromatic rings. The van der Waals surface area contributed by atoms with Crippen LogP contribution in [0, 0.1) is 5.92 Å². The summed E-state index contributed by atoms with van der Waals surface area (Å²) >= 11 is 1.23. The van der Waals surface area contributed by atoms with Crippen LogP contribution in [-0.2, 0) is 15.5 Å². The molecule has 0 amide bonds. The quantitative estimate of drug-likeness (QED) is 0.571. The lowest BCUT2D eigenvalue weighted by atomic mass is 10.1. The zero-order valence-corrected chi connectivity index (χ0v) is 9.32. The molecule has 1 rings (SSSR count). The molecule has 0 spiro atoms. The minimum atomic E-state index is -2.35. The molecule has 0 aliphatic heterocycles. The van der Waals surface area contributed by atoms with E-state index in [-0.39, 0.29) is 4.32 Å². The van der Waals surface area contributed by atoms with E-state index >= 15 is 0 Å². The van der Waals surface area contributed by atoms with Crippen molar-refractivity contribution in [1.29, 1.82) is 0 Å². The summed E-state index contributed by atoms with van der Waals surface area (Å²) in [4.78, 5) is 0. The lowest BCUT2D eigenvalue weighted by Gasteiger charge is -2.15. The maximum absolute atomic E-state index is 10.1. The van der Waals surface area contributed by atoms with Crippen molar-refractivity contribution in [2.24, 2.45) is 5.92 Å². The Hall–Kier alpha value is 0.550. The van der Waals surface area contributed by atoms with E-state index in [0.29, 0.717) is 12.5 Å². The highest BCUT2D eigenvalue weighted by atomic mass is 79.9. The van der Waals surface area contributed by atoms with Crippen LogP contribution in [0.3, 0.4) is 0 Å². The number of hydrogen-bond acceptors (Lipinski definition) is 3. The van der Waals surface area contributed by atoms with Crippen LogP contribution in [0.25, 0.3) is 0 Å². The summed E-state index contributed by atoms with van der Waals surface area (Å²) in [6.45, 7) is 2.46. The average Bonchev–Trinajstić information content (AvgIpc) is 2.26. The molecule has 1 saturated carbocycles. The minimum absolute atomic E-state index is 0.186. The fraction of sp³-hybridized carbons (Fsp3) is 1.00. The Balaban J connectivity index is 2.24. The highest BCUT2D eigenvalue weighted by molar-refractivity contribution is 9.10. The Kier molecular flexibility index (Phi) is 3.70. The molecule has 1 aliphatic carbocycles. The van der Waals surface area contributed by atoms with Gasteiger partial charge in [0, 0.05) is 4.32 Å². The number of rotatable bonds is 3. The highest BCUT2D eigenvalue weighted by Crippen LogP contribution is 2.40. The van der Waals surface area contributed by atoms with Gasteiger partial charge in [0.2, 0.25) is 0 Å². The van der Waals surface area contributed by atoms with Gasteiger partial charge in [-0.25, -0.2) is 4.21 Å². The normalized spacial score (nSPS) is 38.4. The topological polar surface area (TPSA) is 49.4 Å². The molecule has 3 unspecified atom stereocenters. The predicted molar refractivity (Wildman–Crippen MR) is 49.5 cm³/mol. The molecule has 0 saturated heterocycles. The molecular formula is C7H12BrO3S-. The third kappa shape index (κ3) is 3.51. The molecule has 0 aromatic heterocycles. The van der Waals surface area contributed by atoms with Gasteiger partial charge in [-0.15, -0.1) is 0 Å². The van der Waals surface area contributed by atoms with Crippen molar-refractivity contribution in [3.8, 4) is 0 Å². The lowest BCUT2D eigenvalue weighted by molar-refractivity contribution is 0.245. The third-order valence-electron chi connectivity index (χ3n) is 2.19. The Bertz CT molecular complexity index is 183. The highest BCUT2D eigenvalue weighted by Gasteiger charge is 2.32. The first-order valence-electron chi connectivity index (χ1n) is 3.91. The van der Waals surface area contributed by atoms with E-state index in [0.717, 1.165) is 19.3 Å². The number of alkyl halides is 1. The van der Waals surface area contributed by atoms with Crippen molar-refractivity contribution in [2.75, 3.05) is 6.61 Å². The monoisotopic (exact) mass is 255 g/mol. The Labute approximate surface area is 83.5 Å². The summed E-state index contributed by atoms with van der Waals surface area (Å²) in [5, 5.41) is 0. The van der Waals surface area contributed by atoms with Gasteiger partial charge in [-0.2, -0.15) is 0 Å². The van der Waals surface area contributed by atoms with Gasteiger partial charge in [-0.1, -0.05) is 15.9 Å². The van der Waals surface area contributed by atoms with E-state index in [1.54, 1.807) is 0 Å². The zero-order chi connectivity index (χ0) is 9.19. The second-order valence-electron chi connectivity index (χ2n) is 3.51. The first-order chi connectivity index (χ1) is 5.49. The van der Waals surface area contributed by atoms with Crippen LogP contribution in [0.2, 0.25) is 0 Å². The van der Waals surface area contributed by atoms with Crippen molar-refractivity contribution in [1.82, 2.24) is 0 Å². The van der Waals surface area contributed by atoms with Crippen molar-refractivity contribution >= 4 is 27.3 Å². The molecule has 0 heterocycles. The average molecular weight is 256 g/mol. The SMILES string of the molecule is CC1(Br)CCC(COS(=O)[O-])C1. The molecule has 0 radical (unpaired) electrons. The minimum Gasteiger partial charge on any atom is -0.750 e. The second-order valence-corrected chi connectivity index (χ2v) is 6.07. The fourth-order valence-corrected chi connectivity index (χ4v) is 2.60. The summed E-state index contributed by atoms with van der Waals surface area (Å²) in [5.74, 6) is 0.382. The first kappa shape index (κ1) is 10.6. The maximum Gasteiger partial charge on any atom is 0.0842 e. The Morgan fingerprint density at radius 1 is 1.83 bits per heavy atom. The number of halogens is 1. The standard InChI is InChI=1S/C7H13BrO3S/c1-7(8)3-2-6(4-7)5-11-12(9)10/h6H,2-5H2,1H3,(H,9,10)/p-1. The van der Waals surface area contributed by atoms with Crippen LogP contribution in [0.4, 0.5) is 0 Å². The van der Waals surface area contributed by atoms with Gasteiger partial charge in [-0.05, 0) is 32.1 Å². The molecule has 0 aromatic carbocycles. The van der Waals surface area contributed by atoms with E-state index in [2.05, 4.69) is 27.0 Å². The van der Waals surface area contributed by atoms with Crippen LogP contribution in [0.15, 0.2) is 0 Å². The van der Waals surface area contributed by atoms with Gasteiger partial charge < -0.3 is 8.74 Å². The molecule has 5 heteroatoms. The van der Waals surface area contributed by atoms with E-state index in [9.17, 15) is 8.76 Å². The van der Waals surface area contributed by atoms with E-state index in [1.165, 1.54) is 0 Å². The van der Waals surface area contributed by atoms with E-state index in [1.807, 2.05) is 0 Å². The molecule has 1 fully saturated rings. The summed E-state index contributed by atoms with van der Waals surface area (Å²) in [6, 6.07) is 0. The van der Waals surface area contributed by atoms with Crippen molar-refractivity contribution in [2.45, 2.75) is 30.5 Å². The molecule has 0 bridgehead atoms. The van der Waals surface area contributed by atoms with Crippen LogP contribution >= 0.6 is 15.9 Å². The number of hydrogen-bond donors (Lipinski definition) is 0. The smallest absolute Gasteiger partial charge is 0.0842 e. The van der Waals surface area contributed by atoms with Gasteiger partial charge in [-0.3, -0.25) is 0 Å². The second kappa shape index (κ2) is 4.17. The van der Waals surface area contributed by atoms with E-state index < -0.39 is 11.4 Å². The molecule has 3 atom stereocenters. The molecule has 72 valence electrons. The Morgan fingerprint density at radius 2 is 2.50 bits per heavy atom. The first-order valence-corrected chi connectivity index (χ1v) is 5.70. The van der Waals surface area contributed by atoms with Crippen molar-refractivity contribution in [3.05, 3.63) is 0 Å². The lowest BCUT2D eigenvalue weighted by Crippen LogP contribution is -2.12. The Morgan fingerprint density at radius 3 is 2.92 bits per heavy atom. The fourth-order valence-electron chi connectivity index (χ4n) is 1.61. The van der Waals surface area contributed by atoms with Crippen LogP contribution in [0.5, 0.6) is 0 Å². The van der Waals surface area contributed by atoms with Gasteiger partial charge in [0.15, 0.2) is 0 Å². The summed E-state index contributed by atoms with van der Waals surface area (Å²) < 4.78 is 24.9. The van der Waals surface area contributed by atoms with Crippen LogP contribution < -0.4 is 0 Å². The molecule has 12 heavy (non-hydrogen) atoms.